The zero-order valence-electron chi connectivity index (χ0n) is 14.5. The maximum Gasteiger partial charge on any atom is 0.387 e. The summed E-state index contributed by atoms with van der Waals surface area (Å²) in [5.74, 6) is -1.22. The van der Waals surface area contributed by atoms with Crippen molar-refractivity contribution in [1.29, 1.82) is 0 Å². The van der Waals surface area contributed by atoms with Gasteiger partial charge in [0.25, 0.3) is 0 Å². The van der Waals surface area contributed by atoms with Crippen LogP contribution in [0, 0.1) is 5.92 Å². The third-order valence-electron chi connectivity index (χ3n) is 4.35. The van der Waals surface area contributed by atoms with Crippen molar-refractivity contribution in [3.63, 3.8) is 0 Å². The molecule has 1 aliphatic rings. The molecule has 28 heavy (non-hydrogen) atoms. The molecule has 148 valence electrons. The first-order valence-electron chi connectivity index (χ1n) is 8.41. The normalized spacial score (nSPS) is 16.5. The van der Waals surface area contributed by atoms with Crippen molar-refractivity contribution >= 4 is 40.7 Å². The van der Waals surface area contributed by atoms with Gasteiger partial charge in [-0.05, 0) is 24.3 Å². The Morgan fingerprint density at radius 2 is 1.89 bits per heavy atom. The highest BCUT2D eigenvalue weighted by Gasteiger charge is 2.35. The summed E-state index contributed by atoms with van der Waals surface area (Å²) >= 11 is 12.2. The summed E-state index contributed by atoms with van der Waals surface area (Å²) in [7, 11) is 0. The minimum Gasteiger partial charge on any atom is -0.435 e. The summed E-state index contributed by atoms with van der Waals surface area (Å²) in [6.07, 6.45) is 0.0159. The van der Waals surface area contributed by atoms with Crippen LogP contribution in [0.3, 0.4) is 0 Å². The molecule has 0 bridgehead atoms. The minimum atomic E-state index is -2.96. The summed E-state index contributed by atoms with van der Waals surface area (Å²) in [6, 6.07) is 10.9. The number of nitrogens with zero attached hydrogens (tertiary/aromatic N) is 1. The van der Waals surface area contributed by atoms with Crippen LogP contribution in [0.5, 0.6) is 5.75 Å². The standard InChI is InChI=1S/C19H16Cl2F2N2O3/c20-15-5-2-6-16(21)14(15)9-24-18(27)11-7-17(26)25(10-11)12-3-1-4-13(8-12)28-19(22)23/h1-6,8,11,19H,7,9-10H2,(H,24,27). The number of rotatable bonds is 6. The number of benzene rings is 2. The van der Waals surface area contributed by atoms with Gasteiger partial charge in [0.15, 0.2) is 0 Å². The SMILES string of the molecule is O=C(NCc1c(Cl)cccc1Cl)C1CC(=O)N(c2cccc(OC(F)F)c2)C1. The van der Waals surface area contributed by atoms with Crippen LogP contribution in [0.4, 0.5) is 14.5 Å². The lowest BCUT2D eigenvalue weighted by Crippen LogP contribution is -2.32. The van der Waals surface area contributed by atoms with E-state index in [-0.39, 0.29) is 37.1 Å². The third-order valence-corrected chi connectivity index (χ3v) is 5.06. The Bertz CT molecular complexity index is 875. The van der Waals surface area contributed by atoms with E-state index in [0.717, 1.165) is 0 Å². The number of halogens is 4. The van der Waals surface area contributed by atoms with Crippen molar-refractivity contribution in [2.45, 2.75) is 19.6 Å². The molecule has 1 fully saturated rings. The van der Waals surface area contributed by atoms with Crippen LogP contribution in [-0.2, 0) is 16.1 Å². The number of anilines is 1. The highest BCUT2D eigenvalue weighted by atomic mass is 35.5. The Hall–Kier alpha value is -2.38. The molecule has 3 rings (SSSR count). The van der Waals surface area contributed by atoms with Gasteiger partial charge in [-0.25, -0.2) is 0 Å². The predicted octanol–water partition coefficient (Wildman–Crippen LogP) is 4.26. The molecule has 0 aromatic heterocycles. The zero-order valence-corrected chi connectivity index (χ0v) is 16.0. The smallest absolute Gasteiger partial charge is 0.387 e. The average molecular weight is 429 g/mol. The molecule has 0 saturated carbocycles. The first kappa shape index (κ1) is 20.4. The van der Waals surface area contributed by atoms with E-state index in [2.05, 4.69) is 10.1 Å². The van der Waals surface area contributed by atoms with Gasteiger partial charge in [0.2, 0.25) is 11.8 Å². The van der Waals surface area contributed by atoms with Gasteiger partial charge >= 0.3 is 6.61 Å². The number of alkyl halides is 2. The van der Waals surface area contributed by atoms with E-state index in [1.807, 2.05) is 0 Å². The number of carbonyl (C=O) groups excluding carboxylic acids is 2. The number of nitrogens with one attached hydrogen (secondary N) is 1. The van der Waals surface area contributed by atoms with E-state index >= 15 is 0 Å². The largest absolute Gasteiger partial charge is 0.435 e. The predicted molar refractivity (Wildman–Crippen MR) is 102 cm³/mol. The molecule has 1 saturated heterocycles. The molecule has 1 heterocycles. The van der Waals surface area contributed by atoms with Crippen molar-refractivity contribution in [3.05, 3.63) is 58.1 Å². The number of amides is 2. The fraction of sp³-hybridized carbons (Fsp3) is 0.263. The maximum absolute atomic E-state index is 12.5. The van der Waals surface area contributed by atoms with Gasteiger partial charge in [0.05, 0.1) is 5.92 Å². The molecule has 1 atom stereocenters. The highest BCUT2D eigenvalue weighted by molar-refractivity contribution is 6.36. The van der Waals surface area contributed by atoms with Crippen molar-refractivity contribution in [2.24, 2.45) is 5.92 Å². The molecule has 1 unspecified atom stereocenters. The van der Waals surface area contributed by atoms with Crippen LogP contribution in [0.1, 0.15) is 12.0 Å². The van der Waals surface area contributed by atoms with E-state index < -0.39 is 12.5 Å². The summed E-state index contributed by atoms with van der Waals surface area (Å²) < 4.78 is 29.1. The van der Waals surface area contributed by atoms with Crippen LogP contribution in [0.25, 0.3) is 0 Å². The van der Waals surface area contributed by atoms with Gasteiger partial charge in [-0.1, -0.05) is 35.3 Å². The van der Waals surface area contributed by atoms with Crippen molar-refractivity contribution < 1.29 is 23.1 Å². The fourth-order valence-corrected chi connectivity index (χ4v) is 3.51. The molecule has 2 amide bonds. The van der Waals surface area contributed by atoms with Gasteiger partial charge in [-0.15, -0.1) is 0 Å². The Labute approximate surface area is 170 Å². The quantitative estimate of drug-likeness (QED) is 0.747. The molecule has 1 N–H and O–H groups in total. The first-order valence-corrected chi connectivity index (χ1v) is 9.16. The number of ether oxygens (including phenoxy) is 1. The van der Waals surface area contributed by atoms with Gasteiger partial charge in [0, 0.05) is 46.9 Å². The van der Waals surface area contributed by atoms with Crippen LogP contribution in [0.2, 0.25) is 10.0 Å². The minimum absolute atomic E-state index is 0.0159. The molecule has 2 aromatic rings. The zero-order chi connectivity index (χ0) is 20.3. The van der Waals surface area contributed by atoms with E-state index in [0.29, 0.717) is 21.3 Å². The maximum atomic E-state index is 12.5. The molecule has 9 heteroatoms. The second-order valence-electron chi connectivity index (χ2n) is 6.20. The molecule has 0 spiro atoms. The summed E-state index contributed by atoms with van der Waals surface area (Å²) in [4.78, 5) is 26.2. The number of carbonyl (C=O) groups is 2. The molecule has 1 aliphatic heterocycles. The Morgan fingerprint density at radius 3 is 2.57 bits per heavy atom. The Kier molecular flexibility index (Phi) is 6.36. The second kappa shape index (κ2) is 8.75. The Balaban J connectivity index is 1.65. The molecule has 0 aliphatic carbocycles. The summed E-state index contributed by atoms with van der Waals surface area (Å²) in [6.45, 7) is -2.68. The van der Waals surface area contributed by atoms with Gasteiger partial charge < -0.3 is 15.0 Å². The van der Waals surface area contributed by atoms with E-state index in [4.69, 9.17) is 23.2 Å². The Morgan fingerprint density at radius 1 is 1.21 bits per heavy atom. The lowest BCUT2D eigenvalue weighted by molar-refractivity contribution is -0.126. The van der Waals surface area contributed by atoms with Crippen molar-refractivity contribution in [3.8, 4) is 5.75 Å². The topological polar surface area (TPSA) is 58.6 Å². The molecule has 5 nitrogen and oxygen atoms in total. The van der Waals surface area contributed by atoms with Gasteiger partial charge in [-0.3, -0.25) is 9.59 Å². The molecular formula is C19H16Cl2F2N2O3. The van der Waals surface area contributed by atoms with E-state index in [1.165, 1.54) is 23.1 Å². The highest BCUT2D eigenvalue weighted by Crippen LogP contribution is 2.29. The third kappa shape index (κ3) is 4.72. The lowest BCUT2D eigenvalue weighted by Gasteiger charge is -2.18. The molecule has 2 aromatic carbocycles. The van der Waals surface area contributed by atoms with Gasteiger partial charge in [0.1, 0.15) is 5.75 Å². The average Bonchev–Trinajstić information content (AvgIpc) is 3.03. The number of hydrogen-bond donors (Lipinski definition) is 1. The van der Waals surface area contributed by atoms with Crippen LogP contribution in [0.15, 0.2) is 42.5 Å². The second-order valence-corrected chi connectivity index (χ2v) is 7.01. The van der Waals surface area contributed by atoms with Crippen LogP contribution >= 0.6 is 23.2 Å². The molecule has 0 radical (unpaired) electrons. The van der Waals surface area contributed by atoms with Gasteiger partial charge in [-0.2, -0.15) is 8.78 Å². The lowest BCUT2D eigenvalue weighted by atomic mass is 10.1. The van der Waals surface area contributed by atoms with Crippen molar-refractivity contribution in [2.75, 3.05) is 11.4 Å². The summed E-state index contributed by atoms with van der Waals surface area (Å²) in [5.41, 5.74) is 0.991. The molecular weight excluding hydrogens is 413 g/mol. The van der Waals surface area contributed by atoms with E-state index in [1.54, 1.807) is 24.3 Å². The monoisotopic (exact) mass is 428 g/mol. The van der Waals surface area contributed by atoms with Crippen LogP contribution in [-0.4, -0.2) is 25.0 Å². The summed E-state index contributed by atoms with van der Waals surface area (Å²) in [5, 5.41) is 3.62. The van der Waals surface area contributed by atoms with E-state index in [9.17, 15) is 18.4 Å². The first-order chi connectivity index (χ1) is 13.3. The van der Waals surface area contributed by atoms with Crippen LogP contribution < -0.4 is 15.0 Å². The number of hydrogen-bond acceptors (Lipinski definition) is 3. The van der Waals surface area contributed by atoms with Crippen molar-refractivity contribution in [1.82, 2.24) is 5.32 Å². The fourth-order valence-electron chi connectivity index (χ4n) is 2.98.